The molecule has 4 heterocycles. The van der Waals surface area contributed by atoms with Gasteiger partial charge in [-0.25, -0.2) is 0 Å². The zero-order chi connectivity index (χ0) is 19.1. The Kier molecular flexibility index (Phi) is 4.64. The predicted molar refractivity (Wildman–Crippen MR) is 98.8 cm³/mol. The molecule has 4 rings (SSSR count). The maximum absolute atomic E-state index is 12.8. The molecule has 2 bridgehead atoms. The minimum Gasteiger partial charge on any atom is -0.335 e. The number of fused-ring (bicyclic) bond motifs is 2. The molecule has 4 atom stereocenters. The molecule has 3 saturated heterocycles. The maximum atomic E-state index is 12.8. The molecule has 0 aliphatic carbocycles. The van der Waals surface area contributed by atoms with Crippen molar-refractivity contribution in [3.8, 4) is 6.07 Å². The number of carbonyl (C=O) groups is 3. The van der Waals surface area contributed by atoms with E-state index in [2.05, 4.69) is 6.07 Å². The Morgan fingerprint density at radius 2 is 2.22 bits per heavy atom. The van der Waals surface area contributed by atoms with E-state index in [4.69, 9.17) is 0 Å². The summed E-state index contributed by atoms with van der Waals surface area (Å²) in [5, 5.41) is 11.1. The summed E-state index contributed by atoms with van der Waals surface area (Å²) in [7, 11) is 0. The molecule has 0 N–H and O–H groups in total. The van der Waals surface area contributed by atoms with E-state index in [9.17, 15) is 19.6 Å². The summed E-state index contributed by atoms with van der Waals surface area (Å²) in [6.45, 7) is 3.32. The first-order chi connectivity index (χ1) is 13.0. The third kappa shape index (κ3) is 3.00. The molecule has 8 heteroatoms. The van der Waals surface area contributed by atoms with Crippen LogP contribution in [-0.4, -0.2) is 70.2 Å². The van der Waals surface area contributed by atoms with E-state index in [1.165, 1.54) is 11.3 Å². The fourth-order valence-corrected chi connectivity index (χ4v) is 5.15. The molecule has 3 aliphatic rings. The minimum atomic E-state index is -0.412. The molecular weight excluding hydrogens is 364 g/mol. The van der Waals surface area contributed by atoms with E-state index in [0.29, 0.717) is 30.9 Å². The number of piperazine rings is 1. The second-order valence-electron chi connectivity index (χ2n) is 7.55. The Morgan fingerprint density at radius 3 is 2.89 bits per heavy atom. The molecule has 3 fully saturated rings. The van der Waals surface area contributed by atoms with Gasteiger partial charge in [0.25, 0.3) is 5.91 Å². The quantitative estimate of drug-likeness (QED) is 0.781. The Hall–Kier alpha value is -2.40. The predicted octanol–water partition coefficient (Wildman–Crippen LogP) is 1.32. The van der Waals surface area contributed by atoms with E-state index < -0.39 is 6.04 Å². The smallest absolute Gasteiger partial charge is 0.264 e. The number of likely N-dealkylation sites (tertiary alicyclic amines) is 3. The van der Waals surface area contributed by atoms with Crippen LogP contribution in [0.15, 0.2) is 17.5 Å². The van der Waals surface area contributed by atoms with Crippen LogP contribution in [0.5, 0.6) is 0 Å². The van der Waals surface area contributed by atoms with Crippen LogP contribution < -0.4 is 0 Å². The second kappa shape index (κ2) is 6.97. The van der Waals surface area contributed by atoms with Gasteiger partial charge in [0.05, 0.1) is 22.9 Å². The van der Waals surface area contributed by atoms with Gasteiger partial charge < -0.3 is 14.7 Å². The van der Waals surface area contributed by atoms with Gasteiger partial charge in [-0.1, -0.05) is 13.0 Å². The van der Waals surface area contributed by atoms with Crippen molar-refractivity contribution in [3.05, 3.63) is 22.4 Å². The fraction of sp³-hybridized carbons (Fsp3) is 0.579. The molecule has 7 nitrogen and oxygen atoms in total. The minimum absolute atomic E-state index is 0.0213. The van der Waals surface area contributed by atoms with Crippen molar-refractivity contribution in [2.45, 2.75) is 44.3 Å². The third-order valence-electron chi connectivity index (χ3n) is 5.86. The first kappa shape index (κ1) is 18.0. The lowest BCUT2D eigenvalue weighted by Gasteiger charge is -2.35. The maximum Gasteiger partial charge on any atom is 0.264 e. The average Bonchev–Trinajstić information content (AvgIpc) is 3.45. The molecule has 27 heavy (non-hydrogen) atoms. The highest BCUT2D eigenvalue weighted by Gasteiger charge is 2.52. The van der Waals surface area contributed by atoms with Gasteiger partial charge in [0, 0.05) is 19.6 Å². The largest absolute Gasteiger partial charge is 0.335 e. The number of nitrogens with zero attached hydrogens (tertiary/aromatic N) is 4. The molecule has 142 valence electrons. The van der Waals surface area contributed by atoms with E-state index >= 15 is 0 Å². The monoisotopic (exact) mass is 386 g/mol. The first-order valence-electron chi connectivity index (χ1n) is 9.36. The summed E-state index contributed by atoms with van der Waals surface area (Å²) in [5.74, 6) is -0.539. The van der Waals surface area contributed by atoms with Crippen LogP contribution in [0.25, 0.3) is 0 Å². The molecule has 3 aliphatic heterocycles. The highest BCUT2D eigenvalue weighted by atomic mass is 32.1. The van der Waals surface area contributed by atoms with E-state index in [1.54, 1.807) is 20.8 Å². The topological polar surface area (TPSA) is 84.7 Å². The van der Waals surface area contributed by atoms with Crippen molar-refractivity contribution < 1.29 is 14.4 Å². The Balaban J connectivity index is 1.40. The number of rotatable bonds is 4. The number of amides is 3. The molecule has 3 amide bonds. The number of thiophene rings is 1. The lowest BCUT2D eigenvalue weighted by molar-refractivity contribution is -0.140. The lowest BCUT2D eigenvalue weighted by atomic mass is 10.1. The van der Waals surface area contributed by atoms with Crippen molar-refractivity contribution in [1.82, 2.24) is 14.7 Å². The fourth-order valence-electron chi connectivity index (χ4n) is 4.47. The second-order valence-corrected chi connectivity index (χ2v) is 8.50. The number of hydrogen-bond acceptors (Lipinski definition) is 5. The van der Waals surface area contributed by atoms with E-state index in [-0.39, 0.29) is 35.7 Å². The molecular formula is C19H22N4O3S. The third-order valence-corrected chi connectivity index (χ3v) is 6.72. The highest BCUT2D eigenvalue weighted by Crippen LogP contribution is 2.34. The Morgan fingerprint density at radius 1 is 1.41 bits per heavy atom. The van der Waals surface area contributed by atoms with E-state index in [0.717, 1.165) is 12.8 Å². The van der Waals surface area contributed by atoms with Gasteiger partial charge in [0.1, 0.15) is 12.1 Å². The van der Waals surface area contributed by atoms with Crippen LogP contribution in [0.2, 0.25) is 0 Å². The molecule has 0 saturated carbocycles. The molecule has 0 spiro atoms. The molecule has 1 aromatic heterocycles. The van der Waals surface area contributed by atoms with Gasteiger partial charge in [0.2, 0.25) is 11.8 Å². The van der Waals surface area contributed by atoms with Gasteiger partial charge in [0.15, 0.2) is 0 Å². The van der Waals surface area contributed by atoms with Gasteiger partial charge in [-0.05, 0) is 30.7 Å². The Bertz CT molecular complexity index is 802. The van der Waals surface area contributed by atoms with Crippen LogP contribution in [0.3, 0.4) is 0 Å². The Labute approximate surface area is 162 Å². The molecule has 0 unspecified atom stereocenters. The zero-order valence-corrected chi connectivity index (χ0v) is 16.0. The summed E-state index contributed by atoms with van der Waals surface area (Å²) in [5.41, 5.74) is 0. The van der Waals surface area contributed by atoms with Gasteiger partial charge >= 0.3 is 0 Å². The van der Waals surface area contributed by atoms with Crippen molar-refractivity contribution in [1.29, 1.82) is 5.26 Å². The number of hydrogen-bond donors (Lipinski definition) is 0. The summed E-state index contributed by atoms with van der Waals surface area (Å²) in [6.07, 6.45) is 2.22. The van der Waals surface area contributed by atoms with Crippen LogP contribution in [-0.2, 0) is 9.59 Å². The first-order valence-corrected chi connectivity index (χ1v) is 10.2. The summed E-state index contributed by atoms with van der Waals surface area (Å²) >= 11 is 1.39. The van der Waals surface area contributed by atoms with Crippen LogP contribution in [0.1, 0.15) is 35.9 Å². The summed E-state index contributed by atoms with van der Waals surface area (Å²) in [4.78, 5) is 43.9. The normalized spacial score (nSPS) is 27.9. The van der Waals surface area contributed by atoms with Crippen LogP contribution in [0, 0.1) is 17.2 Å². The summed E-state index contributed by atoms with van der Waals surface area (Å²) < 4.78 is 0. The molecule has 1 aromatic rings. The SMILES string of the molecule is C[C@@H](CN1C(=O)[C@@H]2C[C@H]1CN2C(=O)c1cccs1)C(=O)N1CCC[C@H]1C#N. The molecule has 0 radical (unpaired) electrons. The average molecular weight is 386 g/mol. The van der Waals surface area contributed by atoms with Gasteiger partial charge in [-0.2, -0.15) is 5.26 Å². The van der Waals surface area contributed by atoms with Crippen LogP contribution in [0.4, 0.5) is 0 Å². The lowest BCUT2D eigenvalue weighted by Crippen LogP contribution is -2.54. The summed E-state index contributed by atoms with van der Waals surface area (Å²) in [6, 6.07) is 5.03. The van der Waals surface area contributed by atoms with Crippen molar-refractivity contribution in [2.75, 3.05) is 19.6 Å². The number of carbonyl (C=O) groups excluding carboxylic acids is 3. The van der Waals surface area contributed by atoms with Crippen molar-refractivity contribution in [2.24, 2.45) is 5.92 Å². The van der Waals surface area contributed by atoms with Crippen LogP contribution >= 0.6 is 11.3 Å². The highest BCUT2D eigenvalue weighted by molar-refractivity contribution is 7.12. The van der Waals surface area contributed by atoms with Crippen molar-refractivity contribution in [3.63, 3.8) is 0 Å². The van der Waals surface area contributed by atoms with Crippen molar-refractivity contribution >= 4 is 29.1 Å². The molecule has 0 aromatic carbocycles. The number of nitriles is 1. The van der Waals surface area contributed by atoms with Gasteiger partial charge in [-0.3, -0.25) is 14.4 Å². The van der Waals surface area contributed by atoms with E-state index in [1.807, 2.05) is 18.4 Å². The zero-order valence-electron chi connectivity index (χ0n) is 15.2. The standard InChI is InChI=1S/C19H22N4O3S/c1-12(17(24)21-6-2-4-13(21)9-20)10-22-14-8-15(18(22)25)23(11-14)19(26)16-5-3-7-27-16/h3,5,7,12-15H,2,4,6,8,10-11H2,1H3/t12-,13-,14-,15-/m0/s1. The van der Waals surface area contributed by atoms with Gasteiger partial charge in [-0.15, -0.1) is 11.3 Å².